The second-order valence-electron chi connectivity index (χ2n) is 10.9. The number of nitrogens with zero attached hydrogens (tertiary/aromatic N) is 3. The SMILES string of the molecule is Cc1cc(O)cc(C)c1C[C@H](C(=O)N[C@@H](CCCCN)c1nc(Cc2ccccc2)no1)C(CCCN=C(N)N)C(N)=O. The van der Waals surface area contributed by atoms with Gasteiger partial charge in [0, 0.05) is 18.9 Å². The van der Waals surface area contributed by atoms with Crippen LogP contribution in [0, 0.1) is 25.7 Å². The van der Waals surface area contributed by atoms with Crippen molar-refractivity contribution in [2.24, 2.45) is 39.8 Å². The molecule has 0 radical (unpaired) electrons. The van der Waals surface area contributed by atoms with Gasteiger partial charge in [0.15, 0.2) is 11.8 Å². The van der Waals surface area contributed by atoms with Crippen molar-refractivity contribution in [2.45, 2.75) is 64.8 Å². The van der Waals surface area contributed by atoms with Crippen molar-refractivity contribution in [3.05, 3.63) is 76.4 Å². The second kappa shape index (κ2) is 16.3. The molecule has 43 heavy (non-hydrogen) atoms. The molecule has 12 nitrogen and oxygen atoms in total. The summed E-state index contributed by atoms with van der Waals surface area (Å²) in [6.07, 6.45) is 3.46. The van der Waals surface area contributed by atoms with E-state index in [0.29, 0.717) is 44.6 Å². The number of guanidine groups is 1. The molecular weight excluding hydrogens is 548 g/mol. The van der Waals surface area contributed by atoms with Gasteiger partial charge in [0.1, 0.15) is 11.8 Å². The van der Waals surface area contributed by atoms with Crippen LogP contribution in [0.3, 0.4) is 0 Å². The molecule has 3 rings (SSSR count). The van der Waals surface area contributed by atoms with Crippen LogP contribution in [0.25, 0.3) is 0 Å². The van der Waals surface area contributed by atoms with Crippen molar-refractivity contribution in [2.75, 3.05) is 13.1 Å². The number of hydrogen-bond donors (Lipinski definition) is 6. The highest BCUT2D eigenvalue weighted by molar-refractivity contribution is 5.87. The van der Waals surface area contributed by atoms with Crippen LogP contribution in [0.15, 0.2) is 52.0 Å². The third kappa shape index (κ3) is 10.1. The highest BCUT2D eigenvalue weighted by atomic mass is 16.5. The van der Waals surface area contributed by atoms with Gasteiger partial charge in [-0.2, -0.15) is 4.98 Å². The second-order valence-corrected chi connectivity index (χ2v) is 10.9. The fourth-order valence-corrected chi connectivity index (χ4v) is 5.28. The van der Waals surface area contributed by atoms with Crippen LogP contribution in [0.2, 0.25) is 0 Å². The van der Waals surface area contributed by atoms with Gasteiger partial charge >= 0.3 is 0 Å². The highest BCUT2D eigenvalue weighted by Gasteiger charge is 2.35. The minimum atomic E-state index is -0.817. The van der Waals surface area contributed by atoms with Crippen molar-refractivity contribution in [1.29, 1.82) is 0 Å². The Morgan fingerprint density at radius 1 is 1.00 bits per heavy atom. The molecule has 12 heteroatoms. The molecule has 1 aromatic heterocycles. The fourth-order valence-electron chi connectivity index (χ4n) is 5.28. The van der Waals surface area contributed by atoms with Gasteiger partial charge < -0.3 is 37.9 Å². The lowest BCUT2D eigenvalue weighted by Gasteiger charge is -2.27. The fraction of sp³-hybridized carbons (Fsp3) is 0.452. The molecule has 3 aromatic rings. The lowest BCUT2D eigenvalue weighted by Crippen LogP contribution is -2.43. The highest BCUT2D eigenvalue weighted by Crippen LogP contribution is 2.30. The minimum absolute atomic E-state index is 0.0493. The van der Waals surface area contributed by atoms with E-state index in [1.165, 1.54) is 0 Å². The van der Waals surface area contributed by atoms with Crippen molar-refractivity contribution < 1.29 is 19.2 Å². The molecule has 0 aliphatic heterocycles. The number of aliphatic imine (C=N–C) groups is 1. The number of carbonyl (C=O) groups is 2. The van der Waals surface area contributed by atoms with Gasteiger partial charge in [0.2, 0.25) is 17.7 Å². The number of aromatic hydroxyl groups is 1. The number of benzene rings is 2. The Balaban J connectivity index is 1.91. The van der Waals surface area contributed by atoms with E-state index in [0.717, 1.165) is 35.1 Å². The van der Waals surface area contributed by atoms with Gasteiger partial charge in [-0.15, -0.1) is 0 Å². The number of phenols is 1. The summed E-state index contributed by atoms with van der Waals surface area (Å²) in [6.45, 7) is 4.52. The molecular formula is C31H44N8O4. The van der Waals surface area contributed by atoms with Crippen LogP contribution >= 0.6 is 0 Å². The first-order valence-electron chi connectivity index (χ1n) is 14.6. The van der Waals surface area contributed by atoms with Gasteiger partial charge in [-0.05, 0) is 93.3 Å². The van der Waals surface area contributed by atoms with E-state index in [-0.39, 0.29) is 29.9 Å². The molecule has 10 N–H and O–H groups in total. The quantitative estimate of drug-likeness (QED) is 0.0767. The summed E-state index contributed by atoms with van der Waals surface area (Å²) in [5, 5.41) is 17.3. The number of nitrogens with two attached hydrogens (primary N) is 4. The maximum Gasteiger partial charge on any atom is 0.249 e. The Bertz CT molecular complexity index is 1350. The van der Waals surface area contributed by atoms with Crippen molar-refractivity contribution in [3.8, 4) is 5.75 Å². The first kappa shape index (κ1) is 33.1. The summed E-state index contributed by atoms with van der Waals surface area (Å²) in [6, 6.07) is 12.5. The van der Waals surface area contributed by atoms with Crippen LogP contribution in [-0.4, -0.2) is 46.1 Å². The number of rotatable bonds is 17. The van der Waals surface area contributed by atoms with E-state index in [4.69, 9.17) is 27.5 Å². The van der Waals surface area contributed by atoms with Crippen molar-refractivity contribution >= 4 is 17.8 Å². The van der Waals surface area contributed by atoms with Crippen molar-refractivity contribution in [3.63, 3.8) is 0 Å². The van der Waals surface area contributed by atoms with E-state index in [1.54, 1.807) is 12.1 Å². The van der Waals surface area contributed by atoms with E-state index >= 15 is 0 Å². The minimum Gasteiger partial charge on any atom is -0.508 e. The van der Waals surface area contributed by atoms with Gasteiger partial charge in [0.25, 0.3) is 0 Å². The van der Waals surface area contributed by atoms with E-state index in [9.17, 15) is 14.7 Å². The number of hydrogen-bond acceptors (Lipinski definition) is 8. The van der Waals surface area contributed by atoms with Crippen LogP contribution in [0.4, 0.5) is 0 Å². The number of aryl methyl sites for hydroxylation is 2. The first-order chi connectivity index (χ1) is 20.6. The summed E-state index contributed by atoms with van der Waals surface area (Å²) < 4.78 is 5.62. The molecule has 0 aliphatic rings. The van der Waals surface area contributed by atoms with E-state index in [2.05, 4.69) is 20.4 Å². The van der Waals surface area contributed by atoms with Crippen LogP contribution in [0.5, 0.6) is 5.75 Å². The lowest BCUT2D eigenvalue weighted by molar-refractivity contribution is -0.134. The van der Waals surface area contributed by atoms with Crippen LogP contribution in [-0.2, 0) is 22.4 Å². The summed E-state index contributed by atoms with van der Waals surface area (Å²) in [5.74, 6) is -1.71. The zero-order valence-corrected chi connectivity index (χ0v) is 25.0. The third-order valence-corrected chi connectivity index (χ3v) is 7.51. The molecule has 2 amide bonds. The average Bonchev–Trinajstić information content (AvgIpc) is 3.41. The van der Waals surface area contributed by atoms with Crippen molar-refractivity contribution in [1.82, 2.24) is 15.5 Å². The topological polar surface area (TPSA) is 222 Å². The lowest BCUT2D eigenvalue weighted by atomic mass is 9.80. The Kier molecular flexibility index (Phi) is 12.5. The molecule has 0 spiro atoms. The van der Waals surface area contributed by atoms with E-state index in [1.807, 2.05) is 44.2 Å². The molecule has 0 bridgehead atoms. The monoisotopic (exact) mass is 592 g/mol. The van der Waals surface area contributed by atoms with E-state index < -0.39 is 23.8 Å². The zero-order chi connectivity index (χ0) is 31.4. The number of phenolic OH excluding ortho intramolecular Hbond substituents is 1. The average molecular weight is 593 g/mol. The summed E-state index contributed by atoms with van der Waals surface area (Å²) in [7, 11) is 0. The number of carbonyl (C=O) groups excluding carboxylic acids is 2. The summed E-state index contributed by atoms with van der Waals surface area (Å²) in [5.41, 5.74) is 26.0. The third-order valence-electron chi connectivity index (χ3n) is 7.51. The standard InChI is InChI=1S/C31H44N8O4/c1-19-15-22(40)16-20(2)24(19)18-25(23(28(33)41)11-8-14-36-31(34)35)29(42)37-26(12-6-7-13-32)30-38-27(39-43-30)17-21-9-4-3-5-10-21/h3-5,9-10,15-16,23,25-26,40H,6-8,11-14,17-18,32H2,1-2H3,(H2,33,41)(H,37,42)(H4,34,35,36)/t23?,25-,26-/m0/s1. The molecule has 0 saturated heterocycles. The number of unbranched alkanes of at least 4 members (excludes halogenated alkanes) is 1. The molecule has 232 valence electrons. The Morgan fingerprint density at radius 2 is 1.70 bits per heavy atom. The number of aromatic nitrogens is 2. The zero-order valence-electron chi connectivity index (χ0n) is 25.0. The summed E-state index contributed by atoms with van der Waals surface area (Å²) >= 11 is 0. The number of nitrogens with one attached hydrogen (secondary N) is 1. The van der Waals surface area contributed by atoms with Gasteiger partial charge in [-0.1, -0.05) is 35.5 Å². The molecule has 2 aromatic carbocycles. The maximum absolute atomic E-state index is 14.1. The molecule has 3 atom stereocenters. The Hall–Kier alpha value is -4.45. The normalized spacial score (nSPS) is 13.2. The molecule has 0 aliphatic carbocycles. The molecule has 0 saturated carbocycles. The maximum atomic E-state index is 14.1. The predicted molar refractivity (Wildman–Crippen MR) is 165 cm³/mol. The van der Waals surface area contributed by atoms with Gasteiger partial charge in [-0.25, -0.2) is 0 Å². The van der Waals surface area contributed by atoms with Crippen LogP contribution < -0.4 is 28.3 Å². The van der Waals surface area contributed by atoms with Gasteiger partial charge in [-0.3, -0.25) is 14.6 Å². The first-order valence-corrected chi connectivity index (χ1v) is 14.6. The molecule has 1 unspecified atom stereocenters. The predicted octanol–water partition coefficient (Wildman–Crippen LogP) is 2.28. The molecule has 1 heterocycles. The summed E-state index contributed by atoms with van der Waals surface area (Å²) in [4.78, 5) is 35.5. The number of primary amides is 1. The Morgan fingerprint density at radius 3 is 2.33 bits per heavy atom. The molecule has 0 fully saturated rings. The smallest absolute Gasteiger partial charge is 0.249 e. The van der Waals surface area contributed by atoms with Crippen LogP contribution in [0.1, 0.15) is 72.1 Å². The Labute approximate surface area is 252 Å². The number of amides is 2. The largest absolute Gasteiger partial charge is 0.508 e. The van der Waals surface area contributed by atoms with Gasteiger partial charge in [0.05, 0.1) is 5.92 Å².